The molecule has 1 atom stereocenters. The Balaban J connectivity index is 0.762. The molecule has 366 valence electrons. The van der Waals surface area contributed by atoms with Crippen molar-refractivity contribution in [3.8, 4) is 50.2 Å². The molecule has 0 N–H and O–H groups in total. The van der Waals surface area contributed by atoms with Crippen molar-refractivity contribution < 1.29 is 0 Å². The first-order chi connectivity index (χ1) is 38.7. The molecule has 2 aromatic heterocycles. The van der Waals surface area contributed by atoms with Gasteiger partial charge in [0.15, 0.2) is 0 Å². The van der Waals surface area contributed by atoms with Crippen LogP contribution >= 0.6 is 11.3 Å². The average molecular weight is 1010 g/mol. The maximum atomic E-state index is 2.46. The van der Waals surface area contributed by atoms with Gasteiger partial charge in [-0.25, -0.2) is 0 Å². The smallest absolute Gasteiger partial charge is 0.0731 e. The number of allylic oxidation sites excluding steroid dienone is 5. The lowest BCUT2D eigenvalue weighted by Gasteiger charge is -2.32. The zero-order valence-electron chi connectivity index (χ0n) is 43.0. The molecule has 0 saturated heterocycles. The van der Waals surface area contributed by atoms with Gasteiger partial charge >= 0.3 is 0 Å². The fourth-order valence-electron chi connectivity index (χ4n) is 13.8. The molecule has 0 fully saturated rings. The highest BCUT2D eigenvalue weighted by molar-refractivity contribution is 7.26. The quantitative estimate of drug-likeness (QED) is 0.143. The minimum atomic E-state index is -0.466. The largest absolute Gasteiger partial charge is 0.309 e. The molecule has 78 heavy (non-hydrogen) atoms. The van der Waals surface area contributed by atoms with E-state index in [0.717, 1.165) is 19.3 Å². The van der Waals surface area contributed by atoms with Crippen LogP contribution in [0.2, 0.25) is 0 Å². The van der Waals surface area contributed by atoms with E-state index in [2.05, 4.69) is 278 Å². The zero-order chi connectivity index (χ0) is 51.3. The van der Waals surface area contributed by atoms with Crippen molar-refractivity contribution >= 4 is 65.0 Å². The summed E-state index contributed by atoms with van der Waals surface area (Å²) in [6, 6.07) is 95.3. The maximum absolute atomic E-state index is 2.46. The fourth-order valence-corrected chi connectivity index (χ4v) is 14.9. The van der Waals surface area contributed by atoms with Crippen LogP contribution in [0.4, 0.5) is 0 Å². The second-order valence-electron chi connectivity index (χ2n) is 21.4. The van der Waals surface area contributed by atoms with Gasteiger partial charge in [0.05, 0.1) is 16.4 Å². The number of hydrogen-bond donors (Lipinski definition) is 0. The Morgan fingerprint density at radius 3 is 1.76 bits per heavy atom. The molecule has 0 amide bonds. The molecule has 0 radical (unpaired) electrons. The first kappa shape index (κ1) is 44.9. The molecule has 1 nitrogen and oxygen atoms in total. The van der Waals surface area contributed by atoms with Crippen molar-refractivity contribution in [1.82, 2.24) is 4.57 Å². The molecule has 0 aliphatic heterocycles. The van der Waals surface area contributed by atoms with E-state index in [4.69, 9.17) is 0 Å². The van der Waals surface area contributed by atoms with E-state index < -0.39 is 5.41 Å². The van der Waals surface area contributed by atoms with Gasteiger partial charge < -0.3 is 4.57 Å². The summed E-state index contributed by atoms with van der Waals surface area (Å²) in [5.41, 5.74) is 27.0. The summed E-state index contributed by atoms with van der Waals surface area (Å²) < 4.78 is 5.07. The van der Waals surface area contributed by atoms with E-state index in [9.17, 15) is 0 Å². The van der Waals surface area contributed by atoms with E-state index in [1.807, 2.05) is 11.3 Å². The van der Waals surface area contributed by atoms with Crippen molar-refractivity contribution in [2.24, 2.45) is 0 Å². The number of nitrogens with zero attached hydrogens (tertiary/aromatic N) is 1. The van der Waals surface area contributed by atoms with Gasteiger partial charge in [0.25, 0.3) is 0 Å². The summed E-state index contributed by atoms with van der Waals surface area (Å²) in [6.07, 6.45) is 10.0. The lowest BCUT2D eigenvalue weighted by atomic mass is 9.68. The third-order valence-corrected chi connectivity index (χ3v) is 18.4. The molecule has 0 saturated carbocycles. The van der Waals surface area contributed by atoms with Crippen LogP contribution in [0, 0.1) is 0 Å². The van der Waals surface area contributed by atoms with Crippen LogP contribution in [0.1, 0.15) is 51.8 Å². The Hall–Kier alpha value is -9.34. The Labute approximate surface area is 458 Å². The van der Waals surface area contributed by atoms with Crippen LogP contribution in [0.5, 0.6) is 0 Å². The molecule has 16 rings (SSSR count). The molecule has 2 heterocycles. The highest BCUT2D eigenvalue weighted by Gasteiger charge is 2.53. The van der Waals surface area contributed by atoms with Crippen LogP contribution < -0.4 is 0 Å². The molecule has 0 bridgehead atoms. The summed E-state index contributed by atoms with van der Waals surface area (Å²) in [6.45, 7) is 0. The number of aromatic nitrogens is 1. The number of fused-ring (bicyclic) bond motifs is 17. The number of benzene rings is 11. The lowest BCUT2D eigenvalue weighted by molar-refractivity contribution is 0.796. The third-order valence-electron chi connectivity index (χ3n) is 17.3. The molecule has 1 unspecified atom stereocenters. The summed E-state index contributed by atoms with van der Waals surface area (Å²) in [4.78, 5) is 0. The number of rotatable bonds is 8. The van der Waals surface area contributed by atoms with E-state index >= 15 is 0 Å². The van der Waals surface area contributed by atoms with Crippen LogP contribution in [0.25, 0.3) is 104 Å². The van der Waals surface area contributed by atoms with Crippen molar-refractivity contribution in [3.05, 3.63) is 317 Å². The Kier molecular flexibility index (Phi) is 10.3. The van der Waals surface area contributed by atoms with Crippen LogP contribution in [-0.4, -0.2) is 4.57 Å². The van der Waals surface area contributed by atoms with E-state index in [-0.39, 0.29) is 0 Å². The summed E-state index contributed by atoms with van der Waals surface area (Å²) in [5, 5.41) is 5.28. The van der Waals surface area contributed by atoms with Gasteiger partial charge in [-0.15, -0.1) is 11.3 Å². The summed E-state index contributed by atoms with van der Waals surface area (Å²) >= 11 is 1.91. The first-order valence-corrected chi connectivity index (χ1v) is 28.2. The first-order valence-electron chi connectivity index (χ1n) is 27.4. The molecule has 13 aromatic rings. The molecular weight excluding hydrogens is 959 g/mol. The van der Waals surface area contributed by atoms with Gasteiger partial charge in [-0.05, 0) is 156 Å². The van der Waals surface area contributed by atoms with Gasteiger partial charge in [-0.2, -0.15) is 0 Å². The summed E-state index contributed by atoms with van der Waals surface area (Å²) in [7, 11) is 0. The molecule has 11 aromatic carbocycles. The minimum Gasteiger partial charge on any atom is -0.309 e. The predicted octanol–water partition coefficient (Wildman–Crippen LogP) is 20.3. The highest BCUT2D eigenvalue weighted by atomic mass is 32.1. The Morgan fingerprint density at radius 1 is 0.423 bits per heavy atom. The molecule has 1 spiro atoms. The monoisotopic (exact) mass is 1010 g/mol. The predicted molar refractivity (Wildman–Crippen MR) is 331 cm³/mol. The zero-order valence-corrected chi connectivity index (χ0v) is 43.8. The second-order valence-corrected chi connectivity index (χ2v) is 22.4. The summed E-state index contributed by atoms with van der Waals surface area (Å²) in [5.74, 6) is 0. The topological polar surface area (TPSA) is 4.93 Å². The average Bonchev–Trinajstić information content (AvgIpc) is 3.09. The van der Waals surface area contributed by atoms with Gasteiger partial charge in [0, 0.05) is 36.6 Å². The van der Waals surface area contributed by atoms with Crippen LogP contribution in [0.15, 0.2) is 278 Å². The molecule has 3 aliphatic rings. The van der Waals surface area contributed by atoms with Crippen molar-refractivity contribution in [2.45, 2.75) is 24.7 Å². The van der Waals surface area contributed by atoms with Gasteiger partial charge in [-0.3, -0.25) is 0 Å². The van der Waals surface area contributed by atoms with Crippen LogP contribution in [-0.2, 0) is 11.8 Å². The maximum Gasteiger partial charge on any atom is 0.0731 e. The Morgan fingerprint density at radius 2 is 1.03 bits per heavy atom. The number of hydrogen-bond acceptors (Lipinski definition) is 1. The van der Waals surface area contributed by atoms with E-state index in [0.29, 0.717) is 0 Å². The van der Waals surface area contributed by atoms with Crippen LogP contribution in [0.3, 0.4) is 0 Å². The van der Waals surface area contributed by atoms with Crippen molar-refractivity contribution in [3.63, 3.8) is 0 Å². The SMILES string of the molecule is C1=C(/C(=C\c2ccc(-c3ccc(-n4c5ccccc5c5ccccc54)cc3)cc2)Cc2ccc(-c3cccc4c3C3(c5ccccc5-4)c4ccccc4-c4c3ccc3sc5ccccc5c43)cc2)CCC(c2ccccc2)=C1. The van der Waals surface area contributed by atoms with Gasteiger partial charge in [-0.1, -0.05) is 237 Å². The number of thiophene rings is 1. The number of para-hydroxylation sites is 2. The van der Waals surface area contributed by atoms with Gasteiger partial charge in [0.2, 0.25) is 0 Å². The fraction of sp³-hybridized carbons (Fsp3) is 0.0526. The Bertz CT molecular complexity index is 4600. The third kappa shape index (κ3) is 6.86. The molecule has 3 aliphatic carbocycles. The van der Waals surface area contributed by atoms with E-state index in [1.165, 1.54) is 148 Å². The standard InChI is InChI=1S/C76H51NS/c1-2-15-51(16-3-1)53-37-39-55(40-38-53)57(47-49-29-33-52(34-30-49)54-41-43-58(44-42-54)77-69-26-11-6-18-61(69)62-19-7-12-27-70(62)77)48-50-31-35-56(36-32-50)59-22-14-23-63-60-17-4-9-24-66(60)76(75(59)63)67-25-10-5-20-64(67)73-68(76)45-46-72-74(73)65-21-8-13-28-71(65)78-72/h1-37,39,41-47H,38,40,48H2/b57-47-. The van der Waals surface area contributed by atoms with Crippen molar-refractivity contribution in [1.29, 1.82) is 0 Å². The highest BCUT2D eigenvalue weighted by Crippen LogP contribution is 2.66. The molecule has 2 heteroatoms. The lowest BCUT2D eigenvalue weighted by Crippen LogP contribution is -2.26. The van der Waals surface area contributed by atoms with Gasteiger partial charge in [0.1, 0.15) is 0 Å². The van der Waals surface area contributed by atoms with E-state index in [1.54, 1.807) is 0 Å². The van der Waals surface area contributed by atoms with Crippen molar-refractivity contribution in [2.75, 3.05) is 0 Å². The molecular formula is C76H51NS. The normalized spacial score (nSPS) is 15.4. The minimum absolute atomic E-state index is 0.466. The second kappa shape index (κ2) is 17.9.